The van der Waals surface area contributed by atoms with Crippen LogP contribution < -0.4 is 10.6 Å². The summed E-state index contributed by atoms with van der Waals surface area (Å²) in [6.45, 7) is 1.10. The maximum atomic E-state index is 12.8. The van der Waals surface area contributed by atoms with Gasteiger partial charge in [0.2, 0.25) is 15.9 Å². The molecule has 4 rings (SSSR count). The monoisotopic (exact) mass is 478 g/mol. The molecule has 1 aliphatic rings. The van der Waals surface area contributed by atoms with Gasteiger partial charge in [-0.15, -0.1) is 0 Å². The van der Waals surface area contributed by atoms with Crippen molar-refractivity contribution in [2.75, 3.05) is 23.7 Å². The van der Waals surface area contributed by atoms with Crippen molar-refractivity contribution in [1.29, 1.82) is 0 Å². The quantitative estimate of drug-likeness (QED) is 0.538. The second-order valence-corrected chi connectivity index (χ2v) is 10.0. The Hall–Kier alpha value is -3.56. The summed E-state index contributed by atoms with van der Waals surface area (Å²) in [4.78, 5) is 29.2. The van der Waals surface area contributed by atoms with Gasteiger partial charge in [0.25, 0.3) is 5.91 Å². The topological polar surface area (TPSA) is 108 Å². The number of piperidine rings is 1. The lowest BCUT2D eigenvalue weighted by molar-refractivity contribution is -0.115. The van der Waals surface area contributed by atoms with Crippen LogP contribution in [0.15, 0.2) is 78.0 Å². The lowest BCUT2D eigenvalue weighted by Crippen LogP contribution is -2.35. The van der Waals surface area contributed by atoms with Crippen molar-refractivity contribution < 1.29 is 18.0 Å². The third-order valence-electron chi connectivity index (χ3n) is 5.59. The predicted octanol–water partition coefficient (Wildman–Crippen LogP) is 3.69. The zero-order valence-electron chi connectivity index (χ0n) is 18.6. The van der Waals surface area contributed by atoms with Crippen LogP contribution in [0, 0.1) is 0 Å². The molecule has 34 heavy (non-hydrogen) atoms. The number of amides is 2. The van der Waals surface area contributed by atoms with E-state index in [0.29, 0.717) is 35.6 Å². The van der Waals surface area contributed by atoms with Gasteiger partial charge >= 0.3 is 0 Å². The molecule has 0 atom stereocenters. The van der Waals surface area contributed by atoms with Crippen molar-refractivity contribution in [3.63, 3.8) is 0 Å². The molecular weight excluding hydrogens is 452 g/mol. The number of hydrogen-bond donors (Lipinski definition) is 2. The second-order valence-electron chi connectivity index (χ2n) is 8.10. The number of sulfonamides is 1. The number of carbonyl (C=O) groups excluding carboxylic acids is 2. The summed E-state index contributed by atoms with van der Waals surface area (Å²) in [5.41, 5.74) is 2.22. The van der Waals surface area contributed by atoms with Crippen molar-refractivity contribution in [1.82, 2.24) is 9.29 Å². The molecule has 9 heteroatoms. The van der Waals surface area contributed by atoms with Gasteiger partial charge in [0, 0.05) is 42.4 Å². The average molecular weight is 479 g/mol. The number of aromatic nitrogens is 1. The fourth-order valence-electron chi connectivity index (χ4n) is 3.80. The van der Waals surface area contributed by atoms with E-state index in [1.54, 1.807) is 73.1 Å². The summed E-state index contributed by atoms with van der Waals surface area (Å²) in [5.74, 6) is -0.564. The number of anilines is 2. The predicted molar refractivity (Wildman–Crippen MR) is 130 cm³/mol. The normalized spacial score (nSPS) is 14.4. The maximum Gasteiger partial charge on any atom is 0.255 e. The first-order valence-corrected chi connectivity index (χ1v) is 12.6. The van der Waals surface area contributed by atoms with E-state index in [-0.39, 0.29) is 23.1 Å². The Bertz CT molecular complexity index is 1260. The number of nitrogens with one attached hydrogen (secondary N) is 2. The van der Waals surface area contributed by atoms with Gasteiger partial charge in [-0.1, -0.05) is 24.6 Å². The third-order valence-corrected chi connectivity index (χ3v) is 7.50. The highest BCUT2D eigenvalue weighted by atomic mass is 32.2. The second kappa shape index (κ2) is 10.6. The first-order valence-electron chi connectivity index (χ1n) is 11.1. The van der Waals surface area contributed by atoms with Crippen LogP contribution in [0.5, 0.6) is 0 Å². The van der Waals surface area contributed by atoms with Gasteiger partial charge in [0.05, 0.1) is 11.3 Å². The smallest absolute Gasteiger partial charge is 0.255 e. The third kappa shape index (κ3) is 5.86. The zero-order valence-corrected chi connectivity index (χ0v) is 19.4. The Morgan fingerprint density at radius 3 is 2.26 bits per heavy atom. The van der Waals surface area contributed by atoms with Crippen LogP contribution in [0.3, 0.4) is 0 Å². The SMILES string of the molecule is O=C(Cc1ccc(S(=O)(=O)N2CCCCC2)cc1)Nc1cccc(C(=O)Nc2ccncc2)c1. The van der Waals surface area contributed by atoms with E-state index < -0.39 is 10.0 Å². The van der Waals surface area contributed by atoms with Crippen molar-refractivity contribution in [2.45, 2.75) is 30.6 Å². The highest BCUT2D eigenvalue weighted by Crippen LogP contribution is 2.21. The molecule has 2 amide bonds. The van der Waals surface area contributed by atoms with Gasteiger partial charge in [-0.3, -0.25) is 14.6 Å². The van der Waals surface area contributed by atoms with Crippen LogP contribution in [0.25, 0.3) is 0 Å². The van der Waals surface area contributed by atoms with E-state index in [9.17, 15) is 18.0 Å². The van der Waals surface area contributed by atoms with Crippen molar-refractivity contribution in [3.8, 4) is 0 Å². The summed E-state index contributed by atoms with van der Waals surface area (Å²) in [6, 6.07) is 16.5. The Balaban J connectivity index is 1.36. The molecule has 0 bridgehead atoms. The number of benzene rings is 2. The fourth-order valence-corrected chi connectivity index (χ4v) is 5.32. The molecule has 2 heterocycles. The van der Waals surface area contributed by atoms with E-state index in [1.165, 1.54) is 4.31 Å². The van der Waals surface area contributed by atoms with Crippen molar-refractivity contribution >= 4 is 33.2 Å². The fraction of sp³-hybridized carbons (Fsp3) is 0.240. The molecule has 1 fully saturated rings. The zero-order chi connectivity index (χ0) is 24.0. The minimum Gasteiger partial charge on any atom is -0.326 e. The van der Waals surface area contributed by atoms with Crippen LogP contribution in [-0.2, 0) is 21.2 Å². The van der Waals surface area contributed by atoms with Gasteiger partial charge in [-0.05, 0) is 60.9 Å². The molecule has 3 aromatic rings. The number of pyridine rings is 1. The molecule has 0 radical (unpaired) electrons. The highest BCUT2D eigenvalue weighted by molar-refractivity contribution is 7.89. The van der Waals surface area contributed by atoms with E-state index in [0.717, 1.165) is 19.3 Å². The lowest BCUT2D eigenvalue weighted by Gasteiger charge is -2.25. The summed E-state index contributed by atoms with van der Waals surface area (Å²) in [7, 11) is -3.50. The summed E-state index contributed by atoms with van der Waals surface area (Å²) in [5, 5.41) is 5.57. The average Bonchev–Trinajstić information content (AvgIpc) is 2.85. The molecule has 8 nitrogen and oxygen atoms in total. The minimum atomic E-state index is -3.50. The first-order chi connectivity index (χ1) is 16.4. The van der Waals surface area contributed by atoms with Gasteiger partial charge < -0.3 is 10.6 Å². The molecule has 0 unspecified atom stereocenters. The molecule has 176 valence electrons. The largest absolute Gasteiger partial charge is 0.326 e. The molecule has 1 aliphatic heterocycles. The van der Waals surface area contributed by atoms with Crippen molar-refractivity contribution in [2.24, 2.45) is 0 Å². The Morgan fingerprint density at radius 2 is 1.56 bits per heavy atom. The number of nitrogens with zero attached hydrogens (tertiary/aromatic N) is 2. The molecule has 0 saturated carbocycles. The van der Waals surface area contributed by atoms with Gasteiger partial charge in [0.15, 0.2) is 0 Å². The Morgan fingerprint density at radius 1 is 0.853 bits per heavy atom. The highest BCUT2D eigenvalue weighted by Gasteiger charge is 2.25. The van der Waals surface area contributed by atoms with E-state index in [2.05, 4.69) is 15.6 Å². The van der Waals surface area contributed by atoms with Gasteiger partial charge in [-0.25, -0.2) is 8.42 Å². The molecular formula is C25H26N4O4S. The van der Waals surface area contributed by atoms with Gasteiger partial charge in [0.1, 0.15) is 0 Å². The maximum absolute atomic E-state index is 12.8. The molecule has 1 saturated heterocycles. The first kappa shape index (κ1) is 23.6. The van der Waals surface area contributed by atoms with Crippen LogP contribution in [-0.4, -0.2) is 42.6 Å². The van der Waals surface area contributed by atoms with E-state index in [4.69, 9.17) is 0 Å². The van der Waals surface area contributed by atoms with Crippen LogP contribution >= 0.6 is 0 Å². The summed E-state index contributed by atoms with van der Waals surface area (Å²) in [6.07, 6.45) is 6.06. The molecule has 0 aliphatic carbocycles. The summed E-state index contributed by atoms with van der Waals surface area (Å²) >= 11 is 0. The standard InChI is InChI=1S/C25H26N4O4S/c30-24(17-19-7-9-23(10-8-19)34(32,33)29-15-2-1-3-16-29)27-22-6-4-5-20(18-22)25(31)28-21-11-13-26-14-12-21/h4-14,18H,1-3,15-17H2,(H,27,30)(H,26,28,31). The molecule has 0 spiro atoms. The van der Waals surface area contributed by atoms with Crippen LogP contribution in [0.2, 0.25) is 0 Å². The van der Waals surface area contributed by atoms with Crippen molar-refractivity contribution in [3.05, 3.63) is 84.2 Å². The molecule has 1 aromatic heterocycles. The van der Waals surface area contributed by atoms with Crippen LogP contribution in [0.1, 0.15) is 35.2 Å². The summed E-state index contributed by atoms with van der Waals surface area (Å²) < 4.78 is 27.1. The lowest BCUT2D eigenvalue weighted by atomic mass is 10.1. The molecule has 2 N–H and O–H groups in total. The number of carbonyl (C=O) groups is 2. The number of hydrogen-bond acceptors (Lipinski definition) is 5. The number of rotatable bonds is 7. The van der Waals surface area contributed by atoms with Crippen LogP contribution in [0.4, 0.5) is 11.4 Å². The Labute approximate surface area is 199 Å². The van der Waals surface area contributed by atoms with E-state index >= 15 is 0 Å². The van der Waals surface area contributed by atoms with Gasteiger partial charge in [-0.2, -0.15) is 4.31 Å². The Kier molecular flexibility index (Phi) is 7.34. The van der Waals surface area contributed by atoms with E-state index in [1.807, 2.05) is 0 Å². The minimum absolute atomic E-state index is 0.0808. The molecule has 2 aromatic carbocycles.